The molecule has 1 aliphatic carbocycles. The zero-order valence-electron chi connectivity index (χ0n) is 10.2. The number of nitriles is 1. The van der Waals surface area contributed by atoms with Crippen LogP contribution in [0.5, 0.6) is 5.75 Å². The lowest BCUT2D eigenvalue weighted by molar-refractivity contribution is -0.385. The van der Waals surface area contributed by atoms with E-state index in [-0.39, 0.29) is 11.1 Å². The molecule has 0 saturated heterocycles. The molecule has 0 radical (unpaired) electrons. The van der Waals surface area contributed by atoms with Crippen LogP contribution in [0.2, 0.25) is 0 Å². The van der Waals surface area contributed by atoms with Crippen molar-refractivity contribution in [2.75, 3.05) is 6.61 Å². The molecule has 1 aromatic rings. The predicted molar refractivity (Wildman–Crippen MR) is 65.2 cm³/mol. The van der Waals surface area contributed by atoms with E-state index in [0.717, 1.165) is 12.8 Å². The Morgan fingerprint density at radius 3 is 2.78 bits per heavy atom. The molecule has 0 amide bonds. The number of hydrogen-bond donors (Lipinski definition) is 0. The van der Waals surface area contributed by atoms with Crippen LogP contribution >= 0.6 is 0 Å². The van der Waals surface area contributed by atoms with Crippen LogP contribution < -0.4 is 4.74 Å². The summed E-state index contributed by atoms with van der Waals surface area (Å²) in [5.41, 5.74) is 0.702. The van der Waals surface area contributed by atoms with Crippen LogP contribution in [0, 0.1) is 33.8 Å². The molecule has 0 N–H and O–H groups in total. The highest BCUT2D eigenvalue weighted by atomic mass is 16.6. The van der Waals surface area contributed by atoms with Crippen molar-refractivity contribution in [3.63, 3.8) is 0 Å². The van der Waals surface area contributed by atoms with E-state index < -0.39 is 4.92 Å². The first-order valence-electron chi connectivity index (χ1n) is 5.81. The fraction of sp³-hybridized carbons (Fsp3) is 0.462. The van der Waals surface area contributed by atoms with Gasteiger partial charge in [-0.15, -0.1) is 0 Å². The van der Waals surface area contributed by atoms with Gasteiger partial charge in [0, 0.05) is 23.5 Å². The Balaban J connectivity index is 2.01. The summed E-state index contributed by atoms with van der Waals surface area (Å²) in [5, 5.41) is 19.4. The van der Waals surface area contributed by atoms with Gasteiger partial charge in [0.1, 0.15) is 5.75 Å². The van der Waals surface area contributed by atoms with Crippen molar-refractivity contribution in [3.8, 4) is 11.8 Å². The molecule has 1 fully saturated rings. The van der Waals surface area contributed by atoms with Gasteiger partial charge >= 0.3 is 0 Å². The van der Waals surface area contributed by atoms with E-state index in [2.05, 4.69) is 6.07 Å². The smallest absolute Gasteiger partial charge is 0.272 e. The summed E-state index contributed by atoms with van der Waals surface area (Å²) >= 11 is 0. The maximum absolute atomic E-state index is 10.7. The third-order valence-corrected chi connectivity index (χ3v) is 3.32. The molecule has 0 aliphatic heterocycles. The number of ether oxygens (including phenoxy) is 1. The van der Waals surface area contributed by atoms with Crippen molar-refractivity contribution in [1.82, 2.24) is 0 Å². The lowest BCUT2D eigenvalue weighted by atomic mass is 10.1. The topological polar surface area (TPSA) is 76.2 Å². The molecule has 0 unspecified atom stereocenters. The van der Waals surface area contributed by atoms with Crippen molar-refractivity contribution in [3.05, 3.63) is 33.9 Å². The van der Waals surface area contributed by atoms with Gasteiger partial charge in [-0.25, -0.2) is 0 Å². The second kappa shape index (κ2) is 4.65. The molecule has 0 spiro atoms. The Morgan fingerprint density at radius 1 is 1.56 bits per heavy atom. The first-order valence-corrected chi connectivity index (χ1v) is 5.81. The molecule has 5 heteroatoms. The van der Waals surface area contributed by atoms with Gasteiger partial charge in [0.2, 0.25) is 0 Å². The number of nitro groups is 1. The summed E-state index contributed by atoms with van der Waals surface area (Å²) in [5.74, 6) is 0.627. The molecule has 2 rings (SSSR count). The van der Waals surface area contributed by atoms with E-state index in [1.807, 2.05) is 0 Å². The first-order chi connectivity index (χ1) is 8.56. The predicted octanol–water partition coefficient (Wildman–Crippen LogP) is 2.98. The molecule has 1 saturated carbocycles. The van der Waals surface area contributed by atoms with Crippen molar-refractivity contribution in [2.45, 2.75) is 26.2 Å². The molecular weight excluding hydrogens is 232 g/mol. The third-order valence-electron chi connectivity index (χ3n) is 3.32. The van der Waals surface area contributed by atoms with Crippen molar-refractivity contribution >= 4 is 5.69 Å². The third kappa shape index (κ3) is 2.59. The fourth-order valence-electron chi connectivity index (χ4n) is 1.88. The standard InChI is InChI=1S/C13H14N2O3/c1-10-8-11(2-3-12(10)15(16)17)18-9-13(4-5-13)6-7-14/h2-3,8H,4-6,9H2,1H3. The van der Waals surface area contributed by atoms with E-state index in [1.54, 1.807) is 19.1 Å². The van der Waals surface area contributed by atoms with Crippen molar-refractivity contribution in [2.24, 2.45) is 5.41 Å². The first kappa shape index (κ1) is 12.4. The lowest BCUT2D eigenvalue weighted by Gasteiger charge is -2.13. The average molecular weight is 246 g/mol. The minimum atomic E-state index is -0.406. The van der Waals surface area contributed by atoms with Crippen LogP contribution in [0.3, 0.4) is 0 Å². The van der Waals surface area contributed by atoms with Crippen LogP contribution in [-0.2, 0) is 0 Å². The van der Waals surface area contributed by atoms with Gasteiger partial charge in [0.15, 0.2) is 0 Å². The quantitative estimate of drug-likeness (QED) is 0.591. The molecule has 1 aromatic carbocycles. The second-order valence-electron chi connectivity index (χ2n) is 4.83. The van der Waals surface area contributed by atoms with Crippen LogP contribution in [0.25, 0.3) is 0 Å². The van der Waals surface area contributed by atoms with Gasteiger partial charge in [-0.2, -0.15) is 5.26 Å². The molecule has 18 heavy (non-hydrogen) atoms. The Hall–Kier alpha value is -2.09. The highest BCUT2D eigenvalue weighted by Gasteiger charge is 2.43. The summed E-state index contributed by atoms with van der Waals surface area (Å²) in [6.07, 6.45) is 2.55. The highest BCUT2D eigenvalue weighted by molar-refractivity contribution is 5.44. The zero-order valence-corrected chi connectivity index (χ0v) is 10.2. The van der Waals surface area contributed by atoms with Gasteiger partial charge in [-0.1, -0.05) is 0 Å². The minimum absolute atomic E-state index is 0.0183. The molecule has 1 aliphatic rings. The normalized spacial score (nSPS) is 15.8. The number of nitrogens with zero attached hydrogens (tertiary/aromatic N) is 2. The molecular formula is C13H14N2O3. The van der Waals surface area contributed by atoms with Gasteiger partial charge in [0.05, 0.1) is 17.6 Å². The Labute approximate surface area is 105 Å². The molecule has 0 aromatic heterocycles. The van der Waals surface area contributed by atoms with Crippen LogP contribution in [0.15, 0.2) is 18.2 Å². The minimum Gasteiger partial charge on any atom is -0.493 e. The summed E-state index contributed by atoms with van der Waals surface area (Å²) in [7, 11) is 0. The van der Waals surface area contributed by atoms with Crippen LogP contribution in [0.1, 0.15) is 24.8 Å². The van der Waals surface area contributed by atoms with Gasteiger partial charge < -0.3 is 4.74 Å². The molecule has 0 atom stereocenters. The van der Waals surface area contributed by atoms with E-state index >= 15 is 0 Å². The summed E-state index contributed by atoms with van der Waals surface area (Å²) in [6.45, 7) is 2.20. The van der Waals surface area contributed by atoms with Crippen LogP contribution in [-0.4, -0.2) is 11.5 Å². The number of aryl methyl sites for hydroxylation is 1. The fourth-order valence-corrected chi connectivity index (χ4v) is 1.88. The summed E-state index contributed by atoms with van der Waals surface area (Å²) < 4.78 is 5.63. The number of benzene rings is 1. The van der Waals surface area contributed by atoms with E-state index in [1.165, 1.54) is 6.07 Å². The van der Waals surface area contributed by atoms with E-state index in [9.17, 15) is 10.1 Å². The molecule has 0 heterocycles. The van der Waals surface area contributed by atoms with Gasteiger partial charge in [-0.3, -0.25) is 10.1 Å². The number of hydrogen-bond acceptors (Lipinski definition) is 4. The molecule has 94 valence electrons. The largest absolute Gasteiger partial charge is 0.493 e. The van der Waals surface area contributed by atoms with E-state index in [4.69, 9.17) is 10.00 Å². The van der Waals surface area contributed by atoms with Gasteiger partial charge in [-0.05, 0) is 31.9 Å². The SMILES string of the molecule is Cc1cc(OCC2(CC#N)CC2)ccc1[N+](=O)[O-]. The lowest BCUT2D eigenvalue weighted by Crippen LogP contribution is -2.12. The zero-order chi connectivity index (χ0) is 13.2. The van der Waals surface area contributed by atoms with Crippen molar-refractivity contribution in [1.29, 1.82) is 5.26 Å². The van der Waals surface area contributed by atoms with Crippen LogP contribution in [0.4, 0.5) is 5.69 Å². The number of rotatable bonds is 5. The highest BCUT2D eigenvalue weighted by Crippen LogP contribution is 2.48. The number of nitro benzene ring substituents is 1. The van der Waals surface area contributed by atoms with E-state index in [0.29, 0.717) is 24.3 Å². The van der Waals surface area contributed by atoms with Gasteiger partial charge in [0.25, 0.3) is 5.69 Å². The maximum atomic E-state index is 10.7. The Morgan fingerprint density at radius 2 is 2.28 bits per heavy atom. The molecule has 5 nitrogen and oxygen atoms in total. The maximum Gasteiger partial charge on any atom is 0.272 e. The van der Waals surface area contributed by atoms with Crippen molar-refractivity contribution < 1.29 is 9.66 Å². The summed E-state index contributed by atoms with van der Waals surface area (Å²) in [6, 6.07) is 6.90. The summed E-state index contributed by atoms with van der Waals surface area (Å²) in [4.78, 5) is 10.3. The second-order valence-corrected chi connectivity index (χ2v) is 4.83. The monoisotopic (exact) mass is 246 g/mol. The molecule has 0 bridgehead atoms. The Bertz CT molecular complexity index is 515. The Kier molecular flexibility index (Phi) is 3.19. The average Bonchev–Trinajstić information content (AvgIpc) is 3.07.